The molecule has 0 saturated carbocycles. The summed E-state index contributed by atoms with van der Waals surface area (Å²) in [6, 6.07) is 8.22. The molecule has 1 saturated heterocycles. The van der Waals surface area contributed by atoms with Gasteiger partial charge >= 0.3 is 0 Å². The van der Waals surface area contributed by atoms with Gasteiger partial charge in [0.05, 0.1) is 0 Å². The number of nitrogens with zero attached hydrogens (tertiary/aromatic N) is 6. The maximum atomic E-state index is 8.36. The first-order valence-electron chi connectivity index (χ1n) is 8.37. The topological polar surface area (TPSA) is 97.0 Å². The van der Waals surface area contributed by atoms with Crippen molar-refractivity contribution >= 4 is 12.4 Å². The first-order chi connectivity index (χ1) is 12.8. The standard InChI is InChI=1S/C17H18N6.CH2O2/c1-2-7-18-15(4-1)16-19-10-13-23(16)14-5-11-22(12-6-14)17-20-8-3-9-21-17;2-1-3/h1-4,7-10,13-14H,5-6,11-12H2;1H,(H,2,3). The van der Waals surface area contributed by atoms with Crippen LogP contribution < -0.4 is 4.90 Å². The van der Waals surface area contributed by atoms with E-state index >= 15 is 0 Å². The summed E-state index contributed by atoms with van der Waals surface area (Å²) < 4.78 is 2.26. The molecule has 4 heterocycles. The fraction of sp³-hybridized carbons (Fsp3) is 0.278. The Morgan fingerprint density at radius 2 is 1.65 bits per heavy atom. The number of aromatic nitrogens is 5. The molecule has 0 radical (unpaired) electrons. The van der Waals surface area contributed by atoms with Gasteiger partial charge in [-0.3, -0.25) is 9.78 Å². The summed E-state index contributed by atoms with van der Waals surface area (Å²) in [6.07, 6.45) is 11.4. The van der Waals surface area contributed by atoms with Crippen LogP contribution in [0.5, 0.6) is 0 Å². The molecule has 0 atom stereocenters. The van der Waals surface area contributed by atoms with Crippen molar-refractivity contribution in [3.8, 4) is 11.5 Å². The maximum absolute atomic E-state index is 8.36. The lowest BCUT2D eigenvalue weighted by molar-refractivity contribution is -0.122. The van der Waals surface area contributed by atoms with Crippen molar-refractivity contribution in [2.45, 2.75) is 18.9 Å². The third-order valence-corrected chi connectivity index (χ3v) is 4.26. The van der Waals surface area contributed by atoms with Gasteiger partial charge in [-0.25, -0.2) is 15.0 Å². The minimum Gasteiger partial charge on any atom is -0.483 e. The van der Waals surface area contributed by atoms with E-state index in [1.54, 1.807) is 12.4 Å². The minimum absolute atomic E-state index is 0.250. The molecule has 1 aliphatic heterocycles. The molecule has 1 aliphatic rings. The van der Waals surface area contributed by atoms with Gasteiger partial charge in [0.2, 0.25) is 5.95 Å². The van der Waals surface area contributed by atoms with E-state index in [1.807, 2.05) is 36.7 Å². The van der Waals surface area contributed by atoms with E-state index in [2.05, 4.69) is 35.6 Å². The van der Waals surface area contributed by atoms with Crippen LogP contribution in [-0.4, -0.2) is 49.2 Å². The van der Waals surface area contributed by atoms with Crippen LogP contribution in [0.1, 0.15) is 18.9 Å². The van der Waals surface area contributed by atoms with Crippen LogP contribution in [0.15, 0.2) is 55.2 Å². The van der Waals surface area contributed by atoms with Crippen molar-refractivity contribution < 1.29 is 9.90 Å². The van der Waals surface area contributed by atoms with Gasteiger partial charge in [-0.2, -0.15) is 0 Å². The predicted molar refractivity (Wildman–Crippen MR) is 96.7 cm³/mol. The second-order valence-electron chi connectivity index (χ2n) is 5.75. The number of hydrogen-bond donors (Lipinski definition) is 1. The molecular weight excluding hydrogens is 332 g/mol. The fourth-order valence-corrected chi connectivity index (χ4v) is 3.10. The average Bonchev–Trinajstić information content (AvgIpc) is 3.20. The van der Waals surface area contributed by atoms with Gasteiger partial charge in [0.15, 0.2) is 5.82 Å². The molecule has 8 nitrogen and oxygen atoms in total. The summed E-state index contributed by atoms with van der Waals surface area (Å²) in [6.45, 7) is 1.66. The molecule has 3 aromatic heterocycles. The zero-order valence-electron chi connectivity index (χ0n) is 14.2. The van der Waals surface area contributed by atoms with E-state index in [-0.39, 0.29) is 6.47 Å². The van der Waals surface area contributed by atoms with Crippen LogP contribution >= 0.6 is 0 Å². The van der Waals surface area contributed by atoms with Gasteiger partial charge in [-0.05, 0) is 31.0 Å². The molecule has 8 heteroatoms. The Morgan fingerprint density at radius 1 is 0.962 bits per heavy atom. The lowest BCUT2D eigenvalue weighted by Gasteiger charge is -2.33. The summed E-state index contributed by atoms with van der Waals surface area (Å²) in [7, 11) is 0. The molecule has 0 bridgehead atoms. The number of hydrogen-bond acceptors (Lipinski definition) is 6. The Morgan fingerprint density at radius 3 is 2.31 bits per heavy atom. The van der Waals surface area contributed by atoms with Crippen molar-refractivity contribution in [2.24, 2.45) is 0 Å². The minimum atomic E-state index is -0.250. The maximum Gasteiger partial charge on any atom is 0.290 e. The highest BCUT2D eigenvalue weighted by molar-refractivity contribution is 5.49. The lowest BCUT2D eigenvalue weighted by Crippen LogP contribution is -2.35. The Labute approximate surface area is 151 Å². The van der Waals surface area contributed by atoms with Gasteiger partial charge in [-0.15, -0.1) is 0 Å². The van der Waals surface area contributed by atoms with Gasteiger partial charge in [-0.1, -0.05) is 6.07 Å². The molecule has 0 amide bonds. The summed E-state index contributed by atoms with van der Waals surface area (Å²) >= 11 is 0. The Kier molecular flexibility index (Phi) is 5.87. The predicted octanol–water partition coefficient (Wildman–Crippen LogP) is 2.28. The fourth-order valence-electron chi connectivity index (χ4n) is 3.10. The van der Waals surface area contributed by atoms with Crippen LogP contribution in [-0.2, 0) is 4.79 Å². The number of carboxylic acid groups (broad SMARTS) is 1. The molecule has 1 fully saturated rings. The Balaban J connectivity index is 0.000000613. The van der Waals surface area contributed by atoms with Crippen molar-refractivity contribution in [3.63, 3.8) is 0 Å². The van der Waals surface area contributed by atoms with E-state index in [0.29, 0.717) is 6.04 Å². The van der Waals surface area contributed by atoms with Gasteiger partial charge in [0, 0.05) is 50.1 Å². The van der Waals surface area contributed by atoms with Crippen molar-refractivity contribution in [1.82, 2.24) is 24.5 Å². The van der Waals surface area contributed by atoms with E-state index in [9.17, 15) is 0 Å². The van der Waals surface area contributed by atoms with Gasteiger partial charge in [0.1, 0.15) is 5.69 Å². The third kappa shape index (κ3) is 4.02. The van der Waals surface area contributed by atoms with E-state index in [0.717, 1.165) is 43.4 Å². The molecule has 3 aromatic rings. The van der Waals surface area contributed by atoms with E-state index < -0.39 is 0 Å². The number of rotatable bonds is 3. The molecule has 0 aromatic carbocycles. The normalized spacial score (nSPS) is 14.4. The first kappa shape index (κ1) is 17.5. The van der Waals surface area contributed by atoms with Crippen molar-refractivity contribution in [1.29, 1.82) is 0 Å². The molecule has 0 aliphatic carbocycles. The third-order valence-electron chi connectivity index (χ3n) is 4.26. The van der Waals surface area contributed by atoms with Crippen molar-refractivity contribution in [2.75, 3.05) is 18.0 Å². The molecule has 1 N–H and O–H groups in total. The summed E-state index contributed by atoms with van der Waals surface area (Å²) in [5.74, 6) is 1.77. The highest BCUT2D eigenvalue weighted by Crippen LogP contribution is 2.28. The number of anilines is 1. The van der Waals surface area contributed by atoms with E-state index in [4.69, 9.17) is 9.90 Å². The molecule has 134 valence electrons. The highest BCUT2D eigenvalue weighted by Gasteiger charge is 2.24. The van der Waals surface area contributed by atoms with Crippen LogP contribution in [0, 0.1) is 0 Å². The second-order valence-corrected chi connectivity index (χ2v) is 5.75. The molecule has 4 rings (SSSR count). The monoisotopic (exact) mass is 352 g/mol. The Hall–Kier alpha value is -3.29. The van der Waals surface area contributed by atoms with Crippen LogP contribution in [0.2, 0.25) is 0 Å². The largest absolute Gasteiger partial charge is 0.483 e. The van der Waals surface area contributed by atoms with Crippen LogP contribution in [0.3, 0.4) is 0 Å². The number of imidazole rings is 1. The summed E-state index contributed by atoms with van der Waals surface area (Å²) in [5, 5.41) is 6.89. The lowest BCUT2D eigenvalue weighted by atomic mass is 10.0. The molecule has 0 unspecified atom stereocenters. The highest BCUT2D eigenvalue weighted by atomic mass is 16.3. The van der Waals surface area contributed by atoms with Crippen molar-refractivity contribution in [3.05, 3.63) is 55.2 Å². The molecular formula is C18H20N6O2. The molecule has 26 heavy (non-hydrogen) atoms. The summed E-state index contributed by atoms with van der Waals surface area (Å²) in [5.41, 5.74) is 0.923. The number of pyridine rings is 1. The van der Waals surface area contributed by atoms with E-state index in [1.165, 1.54) is 0 Å². The first-order valence-corrected chi connectivity index (χ1v) is 8.37. The van der Waals surface area contributed by atoms with Gasteiger partial charge < -0.3 is 14.6 Å². The number of carbonyl (C=O) groups is 1. The molecule has 0 spiro atoms. The van der Waals surface area contributed by atoms with Crippen LogP contribution in [0.25, 0.3) is 11.5 Å². The number of piperidine rings is 1. The SMILES string of the molecule is O=CO.c1ccc(-c2nccn2C2CCN(c3ncccn3)CC2)nc1. The second kappa shape index (κ2) is 8.70. The Bertz CT molecular complexity index is 801. The van der Waals surface area contributed by atoms with Gasteiger partial charge in [0.25, 0.3) is 6.47 Å². The van der Waals surface area contributed by atoms with Crippen LogP contribution in [0.4, 0.5) is 5.95 Å². The quantitative estimate of drug-likeness (QED) is 0.722. The smallest absolute Gasteiger partial charge is 0.290 e. The summed E-state index contributed by atoms with van der Waals surface area (Å²) in [4.78, 5) is 28.2. The zero-order valence-corrected chi connectivity index (χ0v) is 14.2. The zero-order chi connectivity index (χ0) is 18.2. The average molecular weight is 352 g/mol.